The maximum absolute atomic E-state index is 16.7. The monoisotopic (exact) mass is 1050 g/mol. The molecule has 4 aromatic rings. The Hall–Kier alpha value is -2.92. The quantitative estimate of drug-likeness (QED) is 0.0378. The fourth-order valence-corrected chi connectivity index (χ4v) is 12.8. The van der Waals surface area contributed by atoms with E-state index in [0.717, 1.165) is 36.4 Å². The number of nitrogens with one attached hydrogen (secondary N) is 3. The predicted molar refractivity (Wildman–Crippen MR) is 260 cm³/mol. The van der Waals surface area contributed by atoms with Crippen molar-refractivity contribution in [1.29, 1.82) is 0 Å². The van der Waals surface area contributed by atoms with Crippen LogP contribution in [0.5, 0.6) is 0 Å². The number of ether oxygens (including phenoxy) is 3. The summed E-state index contributed by atoms with van der Waals surface area (Å²) in [6.45, 7) is 8.29. The Bertz CT molecular complexity index is 2570. The van der Waals surface area contributed by atoms with Crippen LogP contribution in [0.1, 0.15) is 45.2 Å². The van der Waals surface area contributed by atoms with Crippen molar-refractivity contribution in [2.24, 2.45) is 0 Å². The van der Waals surface area contributed by atoms with Gasteiger partial charge in [0.15, 0.2) is 38.4 Å². The molecule has 3 fully saturated rings. The van der Waals surface area contributed by atoms with Crippen molar-refractivity contribution in [3.05, 3.63) is 24.4 Å². The van der Waals surface area contributed by atoms with Crippen molar-refractivity contribution in [2.75, 3.05) is 55.8 Å². The van der Waals surface area contributed by atoms with Crippen LogP contribution in [0.15, 0.2) is 18.9 Å². The van der Waals surface area contributed by atoms with Crippen LogP contribution in [0, 0.1) is 0 Å². The minimum atomic E-state index is -4.50. The van der Waals surface area contributed by atoms with Crippen molar-refractivity contribution in [3.8, 4) is 0 Å². The van der Waals surface area contributed by atoms with Crippen LogP contribution in [-0.2, 0) is 52.3 Å². The van der Waals surface area contributed by atoms with E-state index < -0.39 is 98.4 Å². The SMILES string of the molecule is CC(C)(C)[Si](C)(C)O[C@@H]1[C@@H]2OP(=O)(S)OC[C@H]3O[C@@H](n4cnc5c(N)nc(NCCNC(=O)OCC[Si](C)(C)C)nc54)[C@H](OP(=O)(S)OC[C@H]2O[C@H]1n1cc2c4c(ncnc41)NCCC2)[C@@H]3F. The molecule has 0 spiro atoms. The van der Waals surface area contributed by atoms with Crippen molar-refractivity contribution < 1.29 is 55.0 Å². The second kappa shape index (κ2) is 19.4. The third-order valence-corrected chi connectivity index (χ3v) is 21.9. The molecule has 0 aliphatic carbocycles. The summed E-state index contributed by atoms with van der Waals surface area (Å²) in [6.07, 6.45) is -5.11. The van der Waals surface area contributed by atoms with Crippen LogP contribution in [0.3, 0.4) is 0 Å². The number of anilines is 3. The van der Waals surface area contributed by atoms with E-state index >= 15 is 4.39 Å². The first-order valence-electron chi connectivity index (χ1n) is 22.1. The molecule has 4 aliphatic heterocycles. The zero-order valence-electron chi connectivity index (χ0n) is 38.6. The van der Waals surface area contributed by atoms with Gasteiger partial charge in [0.1, 0.15) is 53.8 Å². The molecule has 29 heteroatoms. The van der Waals surface area contributed by atoms with Crippen LogP contribution >= 0.6 is 38.1 Å². The topological polar surface area (TPSA) is 261 Å². The lowest BCUT2D eigenvalue weighted by atomic mass is 10.1. The molecule has 8 rings (SSSR count). The highest BCUT2D eigenvalue weighted by Crippen LogP contribution is 2.61. The van der Waals surface area contributed by atoms with Gasteiger partial charge in [-0.3, -0.25) is 22.7 Å². The molecular weight excluding hydrogens is 988 g/mol. The molecule has 0 aromatic carbocycles. The third-order valence-electron chi connectivity index (χ3n) is 12.5. The number of thiol groups is 2. The van der Waals surface area contributed by atoms with Crippen molar-refractivity contribution >= 4 is 100 Å². The van der Waals surface area contributed by atoms with E-state index in [-0.39, 0.29) is 41.1 Å². The van der Waals surface area contributed by atoms with E-state index in [1.54, 1.807) is 0 Å². The first-order valence-corrected chi connectivity index (χ1v) is 34.1. The van der Waals surface area contributed by atoms with Gasteiger partial charge in [-0.15, -0.1) is 0 Å². The maximum atomic E-state index is 16.7. The van der Waals surface area contributed by atoms with Gasteiger partial charge in [0.05, 0.1) is 31.5 Å². The number of carbonyl (C=O) groups is 1. The summed E-state index contributed by atoms with van der Waals surface area (Å²) in [7, 11) is -4.05. The molecule has 4 aliphatic rings. The third kappa shape index (κ3) is 11.2. The Labute approximate surface area is 399 Å². The molecule has 22 nitrogen and oxygen atoms in total. The minimum absolute atomic E-state index is 0.0206. The summed E-state index contributed by atoms with van der Waals surface area (Å²) in [4.78, 5) is 34.5. The largest absolute Gasteiger partial charge is 0.450 e. The first kappa shape index (κ1) is 50.5. The molecular formula is C38H60FN11O11P2S2Si2. The van der Waals surface area contributed by atoms with Crippen molar-refractivity contribution in [3.63, 3.8) is 0 Å². The zero-order chi connectivity index (χ0) is 48.3. The molecule has 2 unspecified atom stereocenters. The average Bonchev–Trinajstić information content (AvgIpc) is 3.94. The lowest BCUT2D eigenvalue weighted by Crippen LogP contribution is -2.49. The Morgan fingerprint density at radius 1 is 0.970 bits per heavy atom. The number of alkyl halides is 1. The highest BCUT2D eigenvalue weighted by atomic mass is 32.7. The number of rotatable bonds is 11. The Morgan fingerprint density at radius 3 is 2.39 bits per heavy atom. The molecule has 8 heterocycles. The Kier molecular flexibility index (Phi) is 14.6. The van der Waals surface area contributed by atoms with Gasteiger partial charge in [-0.25, -0.2) is 33.3 Å². The smallest absolute Gasteiger partial charge is 0.407 e. The van der Waals surface area contributed by atoms with Gasteiger partial charge in [0, 0.05) is 33.9 Å². The number of aryl methyl sites for hydroxylation is 1. The molecule has 5 N–H and O–H groups in total. The lowest BCUT2D eigenvalue weighted by molar-refractivity contribution is -0.0569. The summed E-state index contributed by atoms with van der Waals surface area (Å²) >= 11 is 8.70. The Balaban J connectivity index is 1.06. The van der Waals surface area contributed by atoms with Gasteiger partial charge in [-0.2, -0.15) is 9.97 Å². The standard InChI is InChI=1S/C38H60FN11O11P2S2Si2/c1-38(2,3)67(7,8)61-29-27-23(58-35(29)49-16-21-10-9-11-41-31-24(21)32(49)45-19-44-31)18-56-63(53,65)60-28-25(39)22(17-55-62(52,64)59-27)57-34(28)50-20-46-26-30(40)47-36(48-33(26)50)42-12-13-43-37(51)54-14-15-66(4,5)6/h16,19-20,22-23,25,27-29,34-35H,9-15,17-18H2,1-8H3,(H,43,51)(H,52,64)(H,53,65)(H,41,44,45)(H3,40,42,47,48)/t22-,23-,25-,27-,28-,29-,34-,35-,62?,63?/m1/s1. The fourth-order valence-electron chi connectivity index (χ4n) is 7.91. The number of halogens is 1. The van der Waals surface area contributed by atoms with Crippen molar-refractivity contribution in [2.45, 2.75) is 127 Å². The second-order valence-corrected chi connectivity index (χ2v) is 35.8. The summed E-state index contributed by atoms with van der Waals surface area (Å²) in [5.41, 5.74) is 8.10. The molecule has 3 saturated heterocycles. The number of aromatic nitrogens is 7. The number of amides is 1. The number of fused-ring (bicyclic) bond motifs is 4. The molecule has 67 heavy (non-hydrogen) atoms. The highest BCUT2D eigenvalue weighted by Gasteiger charge is 2.56. The van der Waals surface area contributed by atoms with Gasteiger partial charge in [-0.1, -0.05) is 64.9 Å². The molecule has 0 radical (unpaired) electrons. The number of nitrogens with zero attached hydrogens (tertiary/aromatic N) is 7. The number of nitrogens with two attached hydrogens (primary N) is 1. The van der Waals surface area contributed by atoms with Gasteiger partial charge in [0.2, 0.25) is 5.95 Å². The van der Waals surface area contributed by atoms with Crippen LogP contribution in [0.25, 0.3) is 22.2 Å². The van der Waals surface area contributed by atoms with Crippen molar-refractivity contribution in [1.82, 2.24) is 39.4 Å². The minimum Gasteiger partial charge on any atom is -0.450 e. The first-order chi connectivity index (χ1) is 31.4. The van der Waals surface area contributed by atoms with E-state index in [1.165, 1.54) is 17.2 Å². The molecule has 4 aromatic heterocycles. The molecule has 2 bridgehead atoms. The molecule has 1 amide bonds. The van der Waals surface area contributed by atoms with Gasteiger partial charge in [0.25, 0.3) is 0 Å². The number of hydrogen-bond donors (Lipinski definition) is 6. The normalized spacial score (nSPS) is 30.7. The molecule has 370 valence electrons. The van der Waals surface area contributed by atoms with E-state index in [2.05, 4.69) is 119 Å². The van der Waals surface area contributed by atoms with E-state index in [0.29, 0.717) is 18.1 Å². The number of carbonyl (C=O) groups excluding carboxylic acids is 1. The summed E-state index contributed by atoms with van der Waals surface area (Å²) < 4.78 is 97.8. The highest BCUT2D eigenvalue weighted by molar-refractivity contribution is 8.44. The van der Waals surface area contributed by atoms with Gasteiger partial charge >= 0.3 is 19.7 Å². The van der Waals surface area contributed by atoms with Crippen LogP contribution in [0.4, 0.5) is 26.8 Å². The van der Waals surface area contributed by atoms with Crippen LogP contribution < -0.4 is 21.7 Å². The van der Waals surface area contributed by atoms with Gasteiger partial charge < -0.3 is 44.9 Å². The van der Waals surface area contributed by atoms with E-state index in [9.17, 15) is 13.9 Å². The number of hydrogen-bond acceptors (Lipinski definition) is 19. The molecule has 10 atom stereocenters. The van der Waals surface area contributed by atoms with Crippen LogP contribution in [-0.4, -0.2) is 133 Å². The number of nitrogen functional groups attached to an aromatic ring is 1. The lowest BCUT2D eigenvalue weighted by Gasteiger charge is -2.40. The number of alkyl carbamates (subject to hydrolysis) is 1. The average molecular weight is 1050 g/mol. The Morgan fingerprint density at radius 2 is 1.67 bits per heavy atom. The molecule has 0 saturated carbocycles. The van der Waals surface area contributed by atoms with E-state index in [1.807, 2.05) is 10.8 Å². The fraction of sp³-hybridized carbons (Fsp3) is 0.684. The summed E-state index contributed by atoms with van der Waals surface area (Å²) in [5.74, 6) is 0.727. The van der Waals surface area contributed by atoms with Crippen LogP contribution in [0.2, 0.25) is 43.8 Å². The number of imidazole rings is 1. The maximum Gasteiger partial charge on any atom is 0.407 e. The summed E-state index contributed by atoms with van der Waals surface area (Å²) in [5, 5.41) is 9.59. The predicted octanol–water partition coefficient (Wildman–Crippen LogP) is 7.10. The van der Waals surface area contributed by atoms with Gasteiger partial charge in [-0.05, 0) is 42.6 Å². The summed E-state index contributed by atoms with van der Waals surface area (Å²) in [6, 6.07) is 0.837. The van der Waals surface area contributed by atoms with E-state index in [4.69, 9.17) is 42.5 Å². The zero-order valence-corrected chi connectivity index (χ0v) is 44.2. The second-order valence-electron chi connectivity index (χ2n) is 19.7.